The molecule has 0 aliphatic carbocycles. The van der Waals surface area contributed by atoms with Gasteiger partial charge in [-0.2, -0.15) is 0 Å². The van der Waals surface area contributed by atoms with E-state index in [1.165, 1.54) is 23.4 Å². The van der Waals surface area contributed by atoms with E-state index < -0.39 is 11.2 Å². The van der Waals surface area contributed by atoms with Gasteiger partial charge in [-0.15, -0.1) is 11.8 Å². The van der Waals surface area contributed by atoms with Crippen LogP contribution in [0.15, 0.2) is 9.59 Å². The first-order chi connectivity index (χ1) is 9.02. The molecule has 0 unspecified atom stereocenters. The lowest BCUT2D eigenvalue weighted by Crippen LogP contribution is -2.31. The summed E-state index contributed by atoms with van der Waals surface area (Å²) in [7, 11) is 1.51. The van der Waals surface area contributed by atoms with Gasteiger partial charge >= 0.3 is 5.69 Å². The Kier molecular flexibility index (Phi) is 3.71. The molecule has 5 N–H and O–H groups in total. The van der Waals surface area contributed by atoms with E-state index in [1.54, 1.807) is 0 Å². The Morgan fingerprint density at radius 1 is 1.47 bits per heavy atom. The number of carbonyl (C=O) groups is 1. The van der Waals surface area contributed by atoms with Gasteiger partial charge < -0.3 is 4.98 Å². The number of imidazole rings is 1. The molecule has 0 saturated carbocycles. The van der Waals surface area contributed by atoms with Crippen molar-refractivity contribution in [3.63, 3.8) is 0 Å². The third-order valence-corrected chi connectivity index (χ3v) is 3.38. The Bertz CT molecular complexity index is 730. The molecule has 0 fully saturated rings. The number of fused-ring (bicyclic) bond motifs is 1. The van der Waals surface area contributed by atoms with Crippen LogP contribution in [0, 0.1) is 0 Å². The van der Waals surface area contributed by atoms with Crippen LogP contribution in [-0.2, 0) is 17.6 Å². The van der Waals surface area contributed by atoms with Crippen molar-refractivity contribution < 1.29 is 4.79 Å². The molecular formula is C9H12N6O3S. The molecule has 0 radical (unpaired) electrons. The number of amides is 1. The first-order valence-corrected chi connectivity index (χ1v) is 6.43. The van der Waals surface area contributed by atoms with Gasteiger partial charge in [0.1, 0.15) is 11.3 Å². The van der Waals surface area contributed by atoms with Crippen LogP contribution in [-0.4, -0.2) is 31.2 Å². The van der Waals surface area contributed by atoms with E-state index in [2.05, 4.69) is 15.0 Å². The molecule has 0 atom stereocenters. The number of nitrogens with two attached hydrogens (primary N) is 1. The highest BCUT2D eigenvalue weighted by Gasteiger charge is 2.11. The third-order valence-electron chi connectivity index (χ3n) is 2.44. The topological polar surface area (TPSA) is 139 Å². The van der Waals surface area contributed by atoms with Crippen molar-refractivity contribution in [1.29, 1.82) is 0 Å². The molecule has 9 nitrogen and oxygen atoms in total. The van der Waals surface area contributed by atoms with Crippen molar-refractivity contribution in [2.45, 2.75) is 5.75 Å². The van der Waals surface area contributed by atoms with Crippen LogP contribution in [0.2, 0.25) is 0 Å². The number of aromatic amines is 2. The van der Waals surface area contributed by atoms with Crippen molar-refractivity contribution in [2.75, 3.05) is 5.75 Å². The van der Waals surface area contributed by atoms with E-state index in [0.29, 0.717) is 11.6 Å². The quantitative estimate of drug-likeness (QED) is 0.296. The molecule has 1 amide bonds. The highest BCUT2D eigenvalue weighted by atomic mass is 32.2. The second-order valence-corrected chi connectivity index (χ2v) is 4.75. The Labute approximate surface area is 110 Å². The first-order valence-electron chi connectivity index (χ1n) is 5.28. The fourth-order valence-electron chi connectivity index (χ4n) is 1.50. The highest BCUT2D eigenvalue weighted by molar-refractivity contribution is 7.99. The Morgan fingerprint density at radius 3 is 2.89 bits per heavy atom. The number of H-pyrrole nitrogens is 2. The molecule has 0 aromatic carbocycles. The van der Waals surface area contributed by atoms with Gasteiger partial charge in [-0.1, -0.05) is 0 Å². The van der Waals surface area contributed by atoms with Crippen molar-refractivity contribution in [1.82, 2.24) is 24.9 Å². The van der Waals surface area contributed by atoms with Crippen LogP contribution in [0.25, 0.3) is 11.2 Å². The molecule has 10 heteroatoms. The van der Waals surface area contributed by atoms with Gasteiger partial charge in [0.15, 0.2) is 5.65 Å². The zero-order valence-electron chi connectivity index (χ0n) is 10.0. The average Bonchev–Trinajstić information content (AvgIpc) is 2.80. The van der Waals surface area contributed by atoms with E-state index in [9.17, 15) is 14.4 Å². The number of nitrogens with zero attached hydrogens (tertiary/aromatic N) is 2. The summed E-state index contributed by atoms with van der Waals surface area (Å²) in [6.45, 7) is 0. The summed E-state index contributed by atoms with van der Waals surface area (Å²) in [5.74, 6) is 5.74. The Balaban J connectivity index is 2.25. The summed E-state index contributed by atoms with van der Waals surface area (Å²) in [6, 6.07) is 0. The molecule has 0 bridgehead atoms. The molecule has 0 saturated heterocycles. The fraction of sp³-hybridized carbons (Fsp3) is 0.333. The summed E-state index contributed by atoms with van der Waals surface area (Å²) in [6.07, 6.45) is 0. The average molecular weight is 284 g/mol. The van der Waals surface area contributed by atoms with Gasteiger partial charge in [0.25, 0.3) is 5.56 Å². The van der Waals surface area contributed by atoms with Gasteiger partial charge in [-0.05, 0) is 0 Å². The van der Waals surface area contributed by atoms with E-state index in [0.717, 1.165) is 0 Å². The van der Waals surface area contributed by atoms with Crippen molar-refractivity contribution in [3.8, 4) is 0 Å². The number of nitrogens with one attached hydrogen (secondary N) is 3. The number of hydrazine groups is 1. The lowest BCUT2D eigenvalue weighted by molar-refractivity contribution is -0.118. The molecule has 0 spiro atoms. The van der Waals surface area contributed by atoms with Crippen molar-refractivity contribution in [3.05, 3.63) is 26.7 Å². The van der Waals surface area contributed by atoms with Gasteiger partial charge in [0.05, 0.1) is 11.5 Å². The second kappa shape index (κ2) is 5.28. The summed E-state index contributed by atoms with van der Waals surface area (Å²) in [5.41, 5.74) is 1.50. The molecule has 19 heavy (non-hydrogen) atoms. The maximum Gasteiger partial charge on any atom is 0.329 e. The summed E-state index contributed by atoms with van der Waals surface area (Å²) < 4.78 is 1.24. The SMILES string of the molecule is Cn1c(=O)[nH]c(=O)c2[nH]c(CSCC(=O)NN)nc21. The van der Waals surface area contributed by atoms with Crippen LogP contribution >= 0.6 is 11.8 Å². The number of aromatic nitrogens is 4. The van der Waals surface area contributed by atoms with Crippen LogP contribution in [0.5, 0.6) is 0 Å². The van der Waals surface area contributed by atoms with Crippen molar-refractivity contribution >= 4 is 28.8 Å². The number of aryl methyl sites for hydroxylation is 1. The van der Waals surface area contributed by atoms with Gasteiger partial charge in [-0.3, -0.25) is 24.6 Å². The van der Waals surface area contributed by atoms with Crippen LogP contribution < -0.4 is 22.5 Å². The summed E-state index contributed by atoms with van der Waals surface area (Å²) in [4.78, 5) is 43.0. The second-order valence-electron chi connectivity index (χ2n) is 3.76. The minimum absolute atomic E-state index is 0.183. The molecule has 2 aromatic rings. The van der Waals surface area contributed by atoms with Gasteiger partial charge in [-0.25, -0.2) is 15.6 Å². The zero-order valence-corrected chi connectivity index (χ0v) is 10.8. The first kappa shape index (κ1) is 13.4. The van der Waals surface area contributed by atoms with E-state index >= 15 is 0 Å². The lowest BCUT2D eigenvalue weighted by atomic mass is 10.5. The maximum absolute atomic E-state index is 11.6. The Hall–Kier alpha value is -2.07. The normalized spacial score (nSPS) is 10.8. The Morgan fingerprint density at radius 2 is 2.21 bits per heavy atom. The predicted octanol–water partition coefficient (Wildman–Crippen LogP) is -1.83. The van der Waals surface area contributed by atoms with E-state index in [1.807, 2.05) is 5.43 Å². The number of thioether (sulfide) groups is 1. The minimum Gasteiger partial charge on any atom is -0.335 e. The summed E-state index contributed by atoms with van der Waals surface area (Å²) >= 11 is 1.28. The number of rotatable bonds is 4. The van der Waals surface area contributed by atoms with Crippen LogP contribution in [0.1, 0.15) is 5.82 Å². The standard InChI is InChI=1S/C9H12N6O3S/c1-15-7-6(8(17)13-9(15)18)11-4(12-7)2-19-3-5(16)14-10/h2-3,10H2,1H3,(H,11,12)(H,14,16)(H,13,17,18). The van der Waals surface area contributed by atoms with Crippen molar-refractivity contribution in [2.24, 2.45) is 12.9 Å². The molecule has 102 valence electrons. The largest absolute Gasteiger partial charge is 0.335 e. The highest BCUT2D eigenvalue weighted by Crippen LogP contribution is 2.11. The molecule has 2 heterocycles. The molecule has 2 rings (SSSR count). The molecule has 2 aromatic heterocycles. The number of hydrogen-bond acceptors (Lipinski definition) is 6. The number of hydrogen-bond donors (Lipinski definition) is 4. The lowest BCUT2D eigenvalue weighted by Gasteiger charge is -1.97. The summed E-state index contributed by atoms with van der Waals surface area (Å²) in [5, 5.41) is 0. The van der Waals surface area contributed by atoms with Gasteiger partial charge in [0.2, 0.25) is 5.91 Å². The molecule has 0 aliphatic heterocycles. The van der Waals surface area contributed by atoms with Crippen LogP contribution in [0.4, 0.5) is 0 Å². The molecule has 0 aliphatic rings. The fourth-order valence-corrected chi connectivity index (χ4v) is 2.20. The zero-order chi connectivity index (χ0) is 14.0. The van der Waals surface area contributed by atoms with E-state index in [-0.39, 0.29) is 22.8 Å². The van der Waals surface area contributed by atoms with Crippen LogP contribution in [0.3, 0.4) is 0 Å². The maximum atomic E-state index is 11.6. The number of carbonyl (C=O) groups excluding carboxylic acids is 1. The molecular weight excluding hydrogens is 272 g/mol. The smallest absolute Gasteiger partial charge is 0.329 e. The predicted molar refractivity (Wildman–Crippen MR) is 70.4 cm³/mol. The third kappa shape index (κ3) is 2.69. The minimum atomic E-state index is -0.522. The van der Waals surface area contributed by atoms with E-state index in [4.69, 9.17) is 5.84 Å². The monoisotopic (exact) mass is 284 g/mol. The van der Waals surface area contributed by atoms with Gasteiger partial charge in [0, 0.05) is 7.05 Å².